The van der Waals surface area contributed by atoms with Gasteiger partial charge in [-0.1, -0.05) is 12.1 Å². The fourth-order valence-electron chi connectivity index (χ4n) is 3.33. The van der Waals surface area contributed by atoms with Gasteiger partial charge in [0, 0.05) is 38.9 Å². The lowest BCUT2D eigenvalue weighted by Gasteiger charge is -2.22. The summed E-state index contributed by atoms with van der Waals surface area (Å²) in [5, 5.41) is 9.13. The number of nitriles is 1. The summed E-state index contributed by atoms with van der Waals surface area (Å²) in [7, 11) is 0. The first-order chi connectivity index (χ1) is 13.0. The van der Waals surface area contributed by atoms with Crippen LogP contribution in [0.3, 0.4) is 0 Å². The van der Waals surface area contributed by atoms with Crippen LogP contribution in [0.1, 0.15) is 33.5 Å². The predicted octanol–water partition coefficient (Wildman–Crippen LogP) is 2.04. The number of amides is 1. The van der Waals surface area contributed by atoms with Crippen molar-refractivity contribution in [1.29, 1.82) is 5.26 Å². The standard InChI is InChI=1S/C20H21FN4O2/c1-14-17(11-22)19(26)23-12-18(14)20(27)25-8-2-7-24(9-10-25)13-15-3-5-16(21)6-4-15/h3-6,12H,2,7-10,13H2,1H3,(H,23,26). The Morgan fingerprint density at radius 1 is 1.22 bits per heavy atom. The second-order valence-electron chi connectivity index (χ2n) is 6.69. The number of H-pyrrole nitrogens is 1. The summed E-state index contributed by atoms with van der Waals surface area (Å²) in [6.45, 7) is 5.05. The molecule has 1 aromatic heterocycles. The van der Waals surface area contributed by atoms with E-state index in [-0.39, 0.29) is 17.3 Å². The molecule has 0 unspecified atom stereocenters. The van der Waals surface area contributed by atoms with Crippen LogP contribution in [0.2, 0.25) is 0 Å². The van der Waals surface area contributed by atoms with Gasteiger partial charge in [-0.3, -0.25) is 14.5 Å². The summed E-state index contributed by atoms with van der Waals surface area (Å²) in [5.74, 6) is -0.428. The van der Waals surface area contributed by atoms with E-state index >= 15 is 0 Å². The number of hydrogen-bond donors (Lipinski definition) is 1. The molecule has 7 heteroatoms. The number of carbonyl (C=O) groups is 1. The van der Waals surface area contributed by atoms with Gasteiger partial charge in [0.05, 0.1) is 5.56 Å². The molecule has 1 N–H and O–H groups in total. The number of nitrogens with zero attached hydrogens (tertiary/aromatic N) is 3. The third-order valence-corrected chi connectivity index (χ3v) is 4.89. The molecular weight excluding hydrogens is 347 g/mol. The third kappa shape index (κ3) is 4.23. The fraction of sp³-hybridized carbons (Fsp3) is 0.350. The molecule has 1 fully saturated rings. The number of hydrogen-bond acceptors (Lipinski definition) is 4. The minimum Gasteiger partial charge on any atom is -0.337 e. The zero-order valence-electron chi connectivity index (χ0n) is 15.2. The smallest absolute Gasteiger partial charge is 0.266 e. The average molecular weight is 368 g/mol. The monoisotopic (exact) mass is 368 g/mol. The first-order valence-corrected chi connectivity index (χ1v) is 8.88. The van der Waals surface area contributed by atoms with Crippen LogP contribution >= 0.6 is 0 Å². The molecule has 0 spiro atoms. The maximum atomic E-state index is 13.0. The molecule has 1 aliphatic rings. The van der Waals surface area contributed by atoms with Crippen LogP contribution in [-0.4, -0.2) is 46.9 Å². The second kappa shape index (κ2) is 8.14. The number of pyridine rings is 1. The molecule has 6 nitrogen and oxygen atoms in total. The Balaban J connectivity index is 1.69. The highest BCUT2D eigenvalue weighted by molar-refractivity contribution is 5.95. The summed E-state index contributed by atoms with van der Waals surface area (Å²) in [6.07, 6.45) is 2.21. The van der Waals surface area contributed by atoms with Gasteiger partial charge in [-0.25, -0.2) is 4.39 Å². The van der Waals surface area contributed by atoms with Crippen molar-refractivity contribution in [2.24, 2.45) is 0 Å². The average Bonchev–Trinajstić information content (AvgIpc) is 2.89. The minimum absolute atomic E-state index is 0.0198. The number of benzene rings is 1. The number of nitrogens with one attached hydrogen (secondary N) is 1. The van der Waals surface area contributed by atoms with Crippen LogP contribution in [0.5, 0.6) is 0 Å². The summed E-state index contributed by atoms with van der Waals surface area (Å²) < 4.78 is 13.0. The Kier molecular flexibility index (Phi) is 5.67. The normalized spacial score (nSPS) is 15.2. The van der Waals surface area contributed by atoms with Gasteiger partial charge in [0.25, 0.3) is 11.5 Å². The molecule has 0 bridgehead atoms. The largest absolute Gasteiger partial charge is 0.337 e. The zero-order valence-corrected chi connectivity index (χ0v) is 15.2. The Hall–Kier alpha value is -2.98. The van der Waals surface area contributed by atoms with Crippen LogP contribution < -0.4 is 5.56 Å². The van der Waals surface area contributed by atoms with Gasteiger partial charge in [0.15, 0.2) is 0 Å². The van der Waals surface area contributed by atoms with Gasteiger partial charge in [-0.15, -0.1) is 0 Å². The van der Waals surface area contributed by atoms with Crippen molar-refractivity contribution < 1.29 is 9.18 Å². The van der Waals surface area contributed by atoms with Gasteiger partial charge >= 0.3 is 0 Å². The van der Waals surface area contributed by atoms with Crippen LogP contribution in [-0.2, 0) is 6.54 Å². The highest BCUT2D eigenvalue weighted by Gasteiger charge is 2.23. The molecule has 1 aromatic carbocycles. The molecule has 0 atom stereocenters. The number of halogens is 1. The molecule has 0 aliphatic carbocycles. The predicted molar refractivity (Wildman–Crippen MR) is 98.7 cm³/mol. The lowest BCUT2D eigenvalue weighted by atomic mass is 10.1. The van der Waals surface area contributed by atoms with E-state index in [1.165, 1.54) is 18.3 Å². The van der Waals surface area contributed by atoms with Crippen LogP contribution in [0.15, 0.2) is 35.3 Å². The summed E-state index contributed by atoms with van der Waals surface area (Å²) >= 11 is 0. The summed E-state index contributed by atoms with van der Waals surface area (Å²) in [4.78, 5) is 31.0. The van der Waals surface area contributed by atoms with Gasteiger partial charge in [-0.05, 0) is 36.6 Å². The van der Waals surface area contributed by atoms with E-state index < -0.39 is 5.56 Å². The molecule has 1 aliphatic heterocycles. The Bertz CT molecular complexity index is 930. The third-order valence-electron chi connectivity index (χ3n) is 4.89. The molecule has 1 saturated heterocycles. The Morgan fingerprint density at radius 3 is 2.67 bits per heavy atom. The van der Waals surface area contributed by atoms with Gasteiger partial charge in [0.1, 0.15) is 17.4 Å². The van der Waals surface area contributed by atoms with E-state index in [2.05, 4.69) is 9.88 Å². The van der Waals surface area contributed by atoms with E-state index in [1.807, 2.05) is 6.07 Å². The molecule has 2 heterocycles. The fourth-order valence-corrected chi connectivity index (χ4v) is 3.33. The van der Waals surface area contributed by atoms with Crippen LogP contribution in [0, 0.1) is 24.1 Å². The molecule has 1 amide bonds. The maximum absolute atomic E-state index is 13.0. The van der Waals surface area contributed by atoms with E-state index in [0.717, 1.165) is 18.5 Å². The van der Waals surface area contributed by atoms with Crippen molar-refractivity contribution in [3.8, 4) is 6.07 Å². The zero-order chi connectivity index (χ0) is 19.4. The molecule has 3 rings (SSSR count). The summed E-state index contributed by atoms with van der Waals surface area (Å²) in [6, 6.07) is 8.32. The van der Waals surface area contributed by atoms with Gasteiger partial charge < -0.3 is 9.88 Å². The van der Waals surface area contributed by atoms with Crippen molar-refractivity contribution in [1.82, 2.24) is 14.8 Å². The lowest BCUT2D eigenvalue weighted by molar-refractivity contribution is 0.0760. The molecule has 0 saturated carbocycles. The Morgan fingerprint density at radius 2 is 1.96 bits per heavy atom. The highest BCUT2D eigenvalue weighted by atomic mass is 19.1. The minimum atomic E-state index is -0.479. The molecule has 0 radical (unpaired) electrons. The van der Waals surface area contributed by atoms with E-state index in [9.17, 15) is 14.0 Å². The van der Waals surface area contributed by atoms with Crippen LogP contribution in [0.25, 0.3) is 0 Å². The van der Waals surface area contributed by atoms with Crippen molar-refractivity contribution in [3.63, 3.8) is 0 Å². The van der Waals surface area contributed by atoms with E-state index in [4.69, 9.17) is 5.26 Å². The number of rotatable bonds is 3. The molecule has 27 heavy (non-hydrogen) atoms. The molecular formula is C20H21FN4O2. The maximum Gasteiger partial charge on any atom is 0.266 e. The quantitative estimate of drug-likeness (QED) is 0.899. The summed E-state index contributed by atoms with van der Waals surface area (Å²) in [5.41, 5.74) is 1.31. The van der Waals surface area contributed by atoms with E-state index in [1.54, 1.807) is 24.0 Å². The van der Waals surface area contributed by atoms with Crippen molar-refractivity contribution in [2.75, 3.05) is 26.2 Å². The van der Waals surface area contributed by atoms with Gasteiger partial charge in [0.2, 0.25) is 0 Å². The molecule has 2 aromatic rings. The number of aromatic amines is 1. The lowest BCUT2D eigenvalue weighted by Crippen LogP contribution is -2.36. The topological polar surface area (TPSA) is 80.2 Å². The molecule has 140 valence electrons. The first kappa shape index (κ1) is 18.8. The number of aromatic nitrogens is 1. The van der Waals surface area contributed by atoms with E-state index in [0.29, 0.717) is 37.3 Å². The number of carbonyl (C=O) groups excluding carboxylic acids is 1. The SMILES string of the molecule is Cc1c(C(=O)N2CCCN(Cc3ccc(F)cc3)CC2)c[nH]c(=O)c1C#N. The Labute approximate surface area is 156 Å². The highest BCUT2D eigenvalue weighted by Crippen LogP contribution is 2.15. The first-order valence-electron chi connectivity index (χ1n) is 8.88. The van der Waals surface area contributed by atoms with Gasteiger partial charge in [-0.2, -0.15) is 5.26 Å². The van der Waals surface area contributed by atoms with Crippen molar-refractivity contribution >= 4 is 5.91 Å². The van der Waals surface area contributed by atoms with Crippen molar-refractivity contribution in [3.05, 3.63) is 68.9 Å². The second-order valence-corrected chi connectivity index (χ2v) is 6.69. The van der Waals surface area contributed by atoms with Crippen molar-refractivity contribution in [2.45, 2.75) is 19.9 Å². The van der Waals surface area contributed by atoms with Crippen LogP contribution in [0.4, 0.5) is 4.39 Å².